The van der Waals surface area contributed by atoms with Gasteiger partial charge in [-0.25, -0.2) is 0 Å². The number of nitrogens with one attached hydrogen (secondary N) is 1. The van der Waals surface area contributed by atoms with E-state index in [2.05, 4.69) is 11.4 Å². The van der Waals surface area contributed by atoms with Gasteiger partial charge in [-0.3, -0.25) is 9.59 Å². The summed E-state index contributed by atoms with van der Waals surface area (Å²) in [7, 11) is 3.10. The number of carbonyl (C=O) groups excluding carboxylic acids is 2. The van der Waals surface area contributed by atoms with Crippen LogP contribution in [0.3, 0.4) is 0 Å². The van der Waals surface area contributed by atoms with Crippen molar-refractivity contribution in [3.8, 4) is 11.5 Å². The van der Waals surface area contributed by atoms with Crippen molar-refractivity contribution in [3.63, 3.8) is 0 Å². The fraction of sp³-hybridized carbons (Fsp3) is 0.333. The number of carbonyl (C=O) groups is 2. The number of aryl methyl sites for hydroxylation is 2. The van der Waals surface area contributed by atoms with E-state index in [1.165, 1.54) is 7.11 Å². The first kappa shape index (κ1) is 18.8. The first-order chi connectivity index (χ1) is 12.9. The minimum absolute atomic E-state index is 0.0400. The van der Waals surface area contributed by atoms with Gasteiger partial charge in [0.2, 0.25) is 11.8 Å². The number of nitrogens with zero attached hydrogens (tertiary/aromatic N) is 1. The molecule has 2 aromatic rings. The maximum absolute atomic E-state index is 12.7. The van der Waals surface area contributed by atoms with Gasteiger partial charge in [0, 0.05) is 24.7 Å². The van der Waals surface area contributed by atoms with Crippen molar-refractivity contribution in [1.29, 1.82) is 0 Å². The lowest BCUT2D eigenvalue weighted by Crippen LogP contribution is -2.28. The zero-order chi connectivity index (χ0) is 19.6. The molecule has 2 amide bonds. The second-order valence-electron chi connectivity index (χ2n) is 6.81. The van der Waals surface area contributed by atoms with Gasteiger partial charge in [-0.15, -0.1) is 0 Å². The smallest absolute Gasteiger partial charge is 0.229 e. The van der Waals surface area contributed by atoms with Crippen molar-refractivity contribution in [2.75, 3.05) is 31.0 Å². The van der Waals surface area contributed by atoms with Crippen molar-refractivity contribution >= 4 is 23.2 Å². The van der Waals surface area contributed by atoms with E-state index in [-0.39, 0.29) is 18.2 Å². The third-order valence-electron chi connectivity index (χ3n) is 4.68. The Labute approximate surface area is 159 Å². The molecule has 2 aromatic carbocycles. The van der Waals surface area contributed by atoms with Gasteiger partial charge in [-0.05, 0) is 49.2 Å². The summed E-state index contributed by atoms with van der Waals surface area (Å²) in [5, 5.41) is 2.87. The minimum Gasteiger partial charge on any atom is -0.497 e. The van der Waals surface area contributed by atoms with Crippen LogP contribution in [0.15, 0.2) is 36.4 Å². The zero-order valence-corrected chi connectivity index (χ0v) is 16.0. The van der Waals surface area contributed by atoms with E-state index in [4.69, 9.17) is 9.47 Å². The Morgan fingerprint density at radius 3 is 2.41 bits per heavy atom. The largest absolute Gasteiger partial charge is 0.497 e. The molecule has 1 unspecified atom stereocenters. The Hall–Kier alpha value is -3.02. The molecule has 3 rings (SSSR count). The van der Waals surface area contributed by atoms with Crippen molar-refractivity contribution in [1.82, 2.24) is 0 Å². The molecule has 0 spiro atoms. The lowest BCUT2D eigenvalue weighted by molar-refractivity contribution is -0.122. The van der Waals surface area contributed by atoms with Crippen LogP contribution in [0.1, 0.15) is 17.5 Å². The van der Waals surface area contributed by atoms with Gasteiger partial charge in [0.05, 0.1) is 25.8 Å². The molecule has 0 bridgehead atoms. The second-order valence-corrected chi connectivity index (χ2v) is 6.81. The molecule has 0 radical (unpaired) electrons. The van der Waals surface area contributed by atoms with Crippen molar-refractivity contribution in [2.24, 2.45) is 5.92 Å². The molecule has 1 aliphatic rings. The van der Waals surface area contributed by atoms with Crippen molar-refractivity contribution in [3.05, 3.63) is 47.5 Å². The highest BCUT2D eigenvalue weighted by atomic mass is 16.5. The molecule has 6 nitrogen and oxygen atoms in total. The number of rotatable bonds is 5. The maximum atomic E-state index is 12.7. The number of amides is 2. The zero-order valence-electron chi connectivity index (χ0n) is 16.0. The Bertz CT molecular complexity index is 858. The van der Waals surface area contributed by atoms with Crippen LogP contribution < -0.4 is 19.7 Å². The van der Waals surface area contributed by atoms with Crippen LogP contribution in [-0.4, -0.2) is 32.6 Å². The first-order valence-corrected chi connectivity index (χ1v) is 8.83. The average molecular weight is 368 g/mol. The number of ether oxygens (including phenoxy) is 2. The SMILES string of the molecule is COc1ccc(NC(=O)C2CC(=O)N(c3cc(C)cc(C)c3)C2)c(OC)c1. The molecule has 6 heteroatoms. The Morgan fingerprint density at radius 2 is 1.78 bits per heavy atom. The molecule has 1 heterocycles. The highest BCUT2D eigenvalue weighted by molar-refractivity contribution is 6.04. The fourth-order valence-electron chi connectivity index (χ4n) is 3.38. The van der Waals surface area contributed by atoms with Crippen LogP contribution in [0.4, 0.5) is 11.4 Å². The summed E-state index contributed by atoms with van der Waals surface area (Å²) in [4.78, 5) is 26.9. The highest BCUT2D eigenvalue weighted by Crippen LogP contribution is 2.31. The van der Waals surface area contributed by atoms with Crippen LogP contribution in [0.5, 0.6) is 11.5 Å². The van der Waals surface area contributed by atoms with E-state index >= 15 is 0 Å². The van der Waals surface area contributed by atoms with E-state index in [0.29, 0.717) is 23.7 Å². The second kappa shape index (κ2) is 7.70. The Morgan fingerprint density at radius 1 is 1.07 bits per heavy atom. The third-order valence-corrected chi connectivity index (χ3v) is 4.68. The molecule has 0 saturated carbocycles. The Balaban J connectivity index is 1.74. The van der Waals surface area contributed by atoms with E-state index in [9.17, 15) is 9.59 Å². The predicted molar refractivity (Wildman–Crippen MR) is 105 cm³/mol. The minimum atomic E-state index is -0.412. The van der Waals surface area contributed by atoms with Crippen LogP contribution in [0.25, 0.3) is 0 Å². The van der Waals surface area contributed by atoms with Crippen LogP contribution in [-0.2, 0) is 9.59 Å². The Kier molecular flexibility index (Phi) is 5.35. The van der Waals surface area contributed by atoms with Gasteiger partial charge < -0.3 is 19.7 Å². The van der Waals surface area contributed by atoms with Crippen molar-refractivity contribution in [2.45, 2.75) is 20.3 Å². The molecule has 0 aromatic heterocycles. The van der Waals surface area contributed by atoms with Crippen LogP contribution >= 0.6 is 0 Å². The molecular weight excluding hydrogens is 344 g/mol. The van der Waals surface area contributed by atoms with Crippen LogP contribution in [0, 0.1) is 19.8 Å². The third kappa shape index (κ3) is 4.05. The topological polar surface area (TPSA) is 67.9 Å². The average Bonchev–Trinajstić information content (AvgIpc) is 3.03. The van der Waals surface area contributed by atoms with E-state index in [1.54, 1.807) is 30.2 Å². The summed E-state index contributed by atoms with van der Waals surface area (Å²) in [6, 6.07) is 11.2. The van der Waals surface area contributed by atoms with Gasteiger partial charge in [0.1, 0.15) is 11.5 Å². The maximum Gasteiger partial charge on any atom is 0.229 e. The first-order valence-electron chi connectivity index (χ1n) is 8.83. The standard InChI is InChI=1S/C21H24N2O4/c1-13-7-14(2)9-16(8-13)23-12-15(10-20(23)24)21(25)22-18-6-5-17(26-3)11-19(18)27-4/h5-9,11,15H,10,12H2,1-4H3,(H,22,25). The summed E-state index contributed by atoms with van der Waals surface area (Å²) in [5.74, 6) is 0.505. The molecular formula is C21H24N2O4. The summed E-state index contributed by atoms with van der Waals surface area (Å²) >= 11 is 0. The molecule has 1 fully saturated rings. The van der Waals surface area contributed by atoms with Gasteiger partial charge >= 0.3 is 0 Å². The number of methoxy groups -OCH3 is 2. The number of hydrogen-bond acceptors (Lipinski definition) is 4. The lowest BCUT2D eigenvalue weighted by Gasteiger charge is -2.18. The molecule has 1 saturated heterocycles. The predicted octanol–water partition coefficient (Wildman–Crippen LogP) is 3.31. The quantitative estimate of drug-likeness (QED) is 0.879. The van der Waals surface area contributed by atoms with Crippen LogP contribution in [0.2, 0.25) is 0 Å². The fourth-order valence-corrected chi connectivity index (χ4v) is 3.38. The summed E-state index contributed by atoms with van der Waals surface area (Å²) in [6.45, 7) is 4.36. The van der Waals surface area contributed by atoms with E-state index in [0.717, 1.165) is 16.8 Å². The van der Waals surface area contributed by atoms with E-state index < -0.39 is 5.92 Å². The highest BCUT2D eigenvalue weighted by Gasteiger charge is 2.35. The van der Waals surface area contributed by atoms with Crippen molar-refractivity contribution < 1.29 is 19.1 Å². The lowest BCUT2D eigenvalue weighted by atomic mass is 10.1. The summed E-state index contributed by atoms with van der Waals surface area (Å²) in [5.41, 5.74) is 3.58. The molecule has 1 N–H and O–H groups in total. The molecule has 1 atom stereocenters. The van der Waals surface area contributed by atoms with Gasteiger partial charge in [0.25, 0.3) is 0 Å². The number of benzene rings is 2. The molecule has 0 aliphatic carbocycles. The number of hydrogen-bond donors (Lipinski definition) is 1. The monoisotopic (exact) mass is 368 g/mol. The molecule has 1 aliphatic heterocycles. The van der Waals surface area contributed by atoms with E-state index in [1.807, 2.05) is 26.0 Å². The van der Waals surface area contributed by atoms with Gasteiger partial charge in [0.15, 0.2) is 0 Å². The van der Waals surface area contributed by atoms with Gasteiger partial charge in [-0.2, -0.15) is 0 Å². The number of anilines is 2. The normalized spacial score (nSPS) is 16.4. The summed E-state index contributed by atoms with van der Waals surface area (Å²) in [6.07, 6.45) is 0.192. The summed E-state index contributed by atoms with van der Waals surface area (Å²) < 4.78 is 10.5. The molecule has 27 heavy (non-hydrogen) atoms. The molecule has 142 valence electrons. The van der Waals surface area contributed by atoms with Gasteiger partial charge in [-0.1, -0.05) is 6.07 Å².